The van der Waals surface area contributed by atoms with E-state index < -0.39 is 0 Å². The lowest BCUT2D eigenvalue weighted by Crippen LogP contribution is -2.04. The Morgan fingerprint density at radius 1 is 1.22 bits per heavy atom. The van der Waals surface area contributed by atoms with E-state index in [4.69, 9.17) is 10.5 Å². The summed E-state index contributed by atoms with van der Waals surface area (Å²) in [5.41, 5.74) is 6.83. The van der Waals surface area contributed by atoms with Crippen molar-refractivity contribution >= 4 is 11.5 Å². The van der Waals surface area contributed by atoms with E-state index in [9.17, 15) is 4.79 Å². The number of ketones is 1. The molecule has 3 heteroatoms. The SMILES string of the molecule is CCCCCCCOc1ccc(N)cc1C(C)=O. The summed E-state index contributed by atoms with van der Waals surface area (Å²) in [6, 6.07) is 5.21. The van der Waals surface area contributed by atoms with Crippen molar-refractivity contribution in [2.45, 2.75) is 46.0 Å². The summed E-state index contributed by atoms with van der Waals surface area (Å²) < 4.78 is 5.66. The molecule has 0 amide bonds. The number of anilines is 1. The number of nitrogens with two attached hydrogens (primary N) is 1. The van der Waals surface area contributed by atoms with E-state index in [0.29, 0.717) is 23.6 Å². The van der Waals surface area contributed by atoms with Crippen LogP contribution in [0.25, 0.3) is 0 Å². The number of carbonyl (C=O) groups is 1. The van der Waals surface area contributed by atoms with Gasteiger partial charge in [0.25, 0.3) is 0 Å². The molecule has 0 heterocycles. The van der Waals surface area contributed by atoms with E-state index in [1.165, 1.54) is 32.6 Å². The number of unbranched alkanes of at least 4 members (excludes halogenated alkanes) is 4. The van der Waals surface area contributed by atoms with Crippen LogP contribution in [-0.2, 0) is 0 Å². The highest BCUT2D eigenvalue weighted by molar-refractivity contribution is 5.97. The molecule has 0 saturated carbocycles. The van der Waals surface area contributed by atoms with Gasteiger partial charge in [-0.05, 0) is 31.5 Å². The second kappa shape index (κ2) is 7.75. The van der Waals surface area contributed by atoms with Crippen LogP contribution in [0.4, 0.5) is 5.69 Å². The Bertz CT molecular complexity index is 388. The molecule has 0 aromatic heterocycles. The highest BCUT2D eigenvalue weighted by atomic mass is 16.5. The smallest absolute Gasteiger partial charge is 0.163 e. The van der Waals surface area contributed by atoms with Gasteiger partial charge in [-0.15, -0.1) is 0 Å². The highest BCUT2D eigenvalue weighted by Gasteiger charge is 2.08. The Kier molecular flexibility index (Phi) is 6.26. The number of hydrogen-bond donors (Lipinski definition) is 1. The average Bonchev–Trinajstić information content (AvgIpc) is 2.35. The fraction of sp³-hybridized carbons (Fsp3) is 0.533. The molecule has 1 aromatic carbocycles. The number of nitrogen functional groups attached to an aromatic ring is 1. The molecule has 0 atom stereocenters. The molecule has 18 heavy (non-hydrogen) atoms. The summed E-state index contributed by atoms with van der Waals surface area (Å²) in [5.74, 6) is 0.635. The van der Waals surface area contributed by atoms with Gasteiger partial charge in [-0.1, -0.05) is 32.6 Å². The predicted molar refractivity (Wildman–Crippen MR) is 75.1 cm³/mol. The van der Waals surface area contributed by atoms with Gasteiger partial charge in [0.05, 0.1) is 12.2 Å². The Balaban J connectivity index is 2.44. The maximum Gasteiger partial charge on any atom is 0.163 e. The van der Waals surface area contributed by atoms with Gasteiger partial charge in [0.1, 0.15) is 5.75 Å². The minimum Gasteiger partial charge on any atom is -0.493 e. The zero-order chi connectivity index (χ0) is 13.4. The van der Waals surface area contributed by atoms with E-state index in [1.807, 2.05) is 0 Å². The summed E-state index contributed by atoms with van der Waals surface area (Å²) >= 11 is 0. The van der Waals surface area contributed by atoms with E-state index in [2.05, 4.69) is 6.92 Å². The third kappa shape index (κ3) is 4.78. The highest BCUT2D eigenvalue weighted by Crippen LogP contribution is 2.22. The van der Waals surface area contributed by atoms with Crippen molar-refractivity contribution in [2.24, 2.45) is 0 Å². The van der Waals surface area contributed by atoms with Crippen LogP contribution in [0.2, 0.25) is 0 Å². The molecule has 0 fully saturated rings. The number of rotatable bonds is 8. The molecule has 0 radical (unpaired) electrons. The molecule has 0 spiro atoms. The van der Waals surface area contributed by atoms with Gasteiger partial charge in [-0.2, -0.15) is 0 Å². The van der Waals surface area contributed by atoms with Crippen LogP contribution in [-0.4, -0.2) is 12.4 Å². The largest absolute Gasteiger partial charge is 0.493 e. The molecule has 0 bridgehead atoms. The van der Waals surface area contributed by atoms with Crippen molar-refractivity contribution < 1.29 is 9.53 Å². The van der Waals surface area contributed by atoms with Crippen LogP contribution in [0.1, 0.15) is 56.3 Å². The number of hydrogen-bond acceptors (Lipinski definition) is 3. The molecule has 0 aliphatic carbocycles. The first-order valence-corrected chi connectivity index (χ1v) is 6.68. The van der Waals surface area contributed by atoms with Gasteiger partial charge in [0.15, 0.2) is 5.78 Å². The van der Waals surface area contributed by atoms with E-state index in [1.54, 1.807) is 18.2 Å². The fourth-order valence-electron chi connectivity index (χ4n) is 1.84. The summed E-state index contributed by atoms with van der Waals surface area (Å²) in [5, 5.41) is 0. The molecule has 0 saturated heterocycles. The predicted octanol–water partition coefficient (Wildman–Crippen LogP) is 3.82. The number of benzene rings is 1. The summed E-state index contributed by atoms with van der Waals surface area (Å²) in [6.45, 7) is 4.39. The Hall–Kier alpha value is -1.51. The molecule has 2 N–H and O–H groups in total. The standard InChI is InChI=1S/C15H23NO2/c1-3-4-5-6-7-10-18-15-9-8-13(16)11-14(15)12(2)17/h8-9,11H,3-7,10,16H2,1-2H3. The third-order valence-corrected chi connectivity index (χ3v) is 2.89. The first kappa shape index (κ1) is 14.6. The van der Waals surface area contributed by atoms with Crippen molar-refractivity contribution in [2.75, 3.05) is 12.3 Å². The molecule has 0 unspecified atom stereocenters. The number of ether oxygens (including phenoxy) is 1. The van der Waals surface area contributed by atoms with E-state index in [-0.39, 0.29) is 5.78 Å². The first-order chi connectivity index (χ1) is 8.65. The zero-order valence-electron chi connectivity index (χ0n) is 11.4. The second-order valence-electron chi connectivity index (χ2n) is 4.57. The van der Waals surface area contributed by atoms with E-state index >= 15 is 0 Å². The van der Waals surface area contributed by atoms with Crippen molar-refractivity contribution in [1.82, 2.24) is 0 Å². The minimum absolute atomic E-state index is 0.0108. The van der Waals surface area contributed by atoms with Crippen molar-refractivity contribution in [3.8, 4) is 5.75 Å². The number of carbonyl (C=O) groups excluding carboxylic acids is 1. The van der Waals surface area contributed by atoms with Crippen LogP contribution in [0.5, 0.6) is 5.75 Å². The molecule has 3 nitrogen and oxygen atoms in total. The lowest BCUT2D eigenvalue weighted by atomic mass is 10.1. The van der Waals surface area contributed by atoms with Gasteiger partial charge >= 0.3 is 0 Å². The summed E-state index contributed by atoms with van der Waals surface area (Å²) in [6.07, 6.45) is 5.98. The lowest BCUT2D eigenvalue weighted by molar-refractivity contribution is 0.101. The minimum atomic E-state index is -0.0108. The Labute approximate surface area is 109 Å². The molecule has 1 rings (SSSR count). The summed E-state index contributed by atoms with van der Waals surface area (Å²) in [4.78, 5) is 11.5. The van der Waals surface area contributed by atoms with Gasteiger partial charge in [-0.3, -0.25) is 4.79 Å². The Morgan fingerprint density at radius 3 is 2.61 bits per heavy atom. The molecule has 100 valence electrons. The van der Waals surface area contributed by atoms with Crippen LogP contribution >= 0.6 is 0 Å². The van der Waals surface area contributed by atoms with Crippen molar-refractivity contribution in [3.63, 3.8) is 0 Å². The van der Waals surface area contributed by atoms with Gasteiger partial charge < -0.3 is 10.5 Å². The maximum absolute atomic E-state index is 11.5. The monoisotopic (exact) mass is 249 g/mol. The summed E-state index contributed by atoms with van der Waals surface area (Å²) in [7, 11) is 0. The quantitative estimate of drug-likeness (QED) is 0.433. The Morgan fingerprint density at radius 2 is 1.94 bits per heavy atom. The molecule has 1 aromatic rings. The molecular weight excluding hydrogens is 226 g/mol. The van der Waals surface area contributed by atoms with Crippen LogP contribution < -0.4 is 10.5 Å². The van der Waals surface area contributed by atoms with Gasteiger partial charge in [-0.25, -0.2) is 0 Å². The van der Waals surface area contributed by atoms with Crippen molar-refractivity contribution in [1.29, 1.82) is 0 Å². The maximum atomic E-state index is 11.5. The van der Waals surface area contributed by atoms with E-state index in [0.717, 1.165) is 6.42 Å². The second-order valence-corrected chi connectivity index (χ2v) is 4.57. The van der Waals surface area contributed by atoms with Gasteiger partial charge in [0.2, 0.25) is 0 Å². The fourth-order valence-corrected chi connectivity index (χ4v) is 1.84. The normalized spacial score (nSPS) is 10.3. The topological polar surface area (TPSA) is 52.3 Å². The number of Topliss-reactive ketones (excluding diaryl/α,β-unsaturated/α-hetero) is 1. The first-order valence-electron chi connectivity index (χ1n) is 6.68. The van der Waals surface area contributed by atoms with Crippen molar-refractivity contribution in [3.05, 3.63) is 23.8 Å². The van der Waals surface area contributed by atoms with Crippen LogP contribution in [0, 0.1) is 0 Å². The van der Waals surface area contributed by atoms with Crippen LogP contribution in [0.15, 0.2) is 18.2 Å². The van der Waals surface area contributed by atoms with Crippen LogP contribution in [0.3, 0.4) is 0 Å². The zero-order valence-corrected chi connectivity index (χ0v) is 11.4. The van der Waals surface area contributed by atoms with Gasteiger partial charge in [0, 0.05) is 5.69 Å². The molecule has 0 aliphatic heterocycles. The molecule has 0 aliphatic rings. The molecular formula is C15H23NO2. The average molecular weight is 249 g/mol. The lowest BCUT2D eigenvalue weighted by Gasteiger charge is -2.10. The third-order valence-electron chi connectivity index (χ3n) is 2.89.